The third-order valence-electron chi connectivity index (χ3n) is 1.75. The van der Waals surface area contributed by atoms with Gasteiger partial charge >= 0.3 is 0 Å². The van der Waals surface area contributed by atoms with Crippen molar-refractivity contribution in [1.29, 1.82) is 0 Å². The van der Waals surface area contributed by atoms with Gasteiger partial charge in [0, 0.05) is 0 Å². The summed E-state index contributed by atoms with van der Waals surface area (Å²) in [5, 5.41) is 0. The third-order valence-corrected chi connectivity index (χ3v) is 1.75. The lowest BCUT2D eigenvalue weighted by molar-refractivity contribution is 0.0178. The van der Waals surface area contributed by atoms with Gasteiger partial charge in [0.25, 0.3) is 0 Å². The van der Waals surface area contributed by atoms with Crippen LogP contribution in [-0.2, 0) is 4.74 Å². The molecular weight excluding hydrogens is 172 g/mol. The Morgan fingerprint density at radius 3 is 1.86 bits per heavy atom. The SMILES string of the molecule is CC.CC(C)OC(C)c1ccccc1. The van der Waals surface area contributed by atoms with Gasteiger partial charge in [-0.2, -0.15) is 0 Å². The first-order chi connectivity index (χ1) is 6.70. The summed E-state index contributed by atoms with van der Waals surface area (Å²) in [6, 6.07) is 10.3. The number of hydrogen-bond donors (Lipinski definition) is 0. The first-order valence-electron chi connectivity index (χ1n) is 5.40. The van der Waals surface area contributed by atoms with Crippen molar-refractivity contribution in [2.75, 3.05) is 0 Å². The van der Waals surface area contributed by atoms with Crippen LogP contribution in [0.25, 0.3) is 0 Å². The zero-order chi connectivity index (χ0) is 11.0. The molecule has 1 rings (SSSR count). The van der Waals surface area contributed by atoms with Crippen LogP contribution in [0.1, 0.15) is 46.3 Å². The summed E-state index contributed by atoms with van der Waals surface area (Å²) >= 11 is 0. The lowest BCUT2D eigenvalue weighted by Gasteiger charge is -2.15. The highest BCUT2D eigenvalue weighted by molar-refractivity contribution is 5.16. The second-order valence-electron chi connectivity index (χ2n) is 3.24. The van der Waals surface area contributed by atoms with Crippen LogP contribution < -0.4 is 0 Å². The summed E-state index contributed by atoms with van der Waals surface area (Å²) < 4.78 is 5.64. The molecule has 0 aromatic heterocycles. The molecule has 0 spiro atoms. The number of hydrogen-bond acceptors (Lipinski definition) is 1. The molecule has 1 nitrogen and oxygen atoms in total. The topological polar surface area (TPSA) is 9.23 Å². The van der Waals surface area contributed by atoms with E-state index in [2.05, 4.69) is 32.9 Å². The van der Waals surface area contributed by atoms with Crippen LogP contribution in [0.5, 0.6) is 0 Å². The maximum absolute atomic E-state index is 5.64. The van der Waals surface area contributed by atoms with E-state index in [0.29, 0.717) is 6.10 Å². The summed E-state index contributed by atoms with van der Waals surface area (Å²) in [7, 11) is 0. The average Bonchev–Trinajstić information content (AvgIpc) is 2.21. The molecule has 0 amide bonds. The van der Waals surface area contributed by atoms with E-state index >= 15 is 0 Å². The van der Waals surface area contributed by atoms with Crippen molar-refractivity contribution < 1.29 is 4.74 Å². The van der Waals surface area contributed by atoms with Crippen molar-refractivity contribution in [2.24, 2.45) is 0 Å². The maximum Gasteiger partial charge on any atom is 0.0800 e. The predicted octanol–water partition coefficient (Wildman–Crippen LogP) is 4.20. The van der Waals surface area contributed by atoms with Gasteiger partial charge in [-0.25, -0.2) is 0 Å². The molecule has 1 atom stereocenters. The molecule has 0 saturated heterocycles. The quantitative estimate of drug-likeness (QED) is 0.700. The zero-order valence-electron chi connectivity index (χ0n) is 9.95. The molecule has 1 heteroatoms. The Balaban J connectivity index is 0.000000791. The van der Waals surface area contributed by atoms with Gasteiger partial charge in [0.1, 0.15) is 0 Å². The minimum absolute atomic E-state index is 0.200. The van der Waals surface area contributed by atoms with Crippen molar-refractivity contribution in [2.45, 2.75) is 46.8 Å². The van der Waals surface area contributed by atoms with Crippen molar-refractivity contribution in [3.05, 3.63) is 35.9 Å². The molecule has 0 aliphatic heterocycles. The number of ether oxygens (including phenoxy) is 1. The molecule has 0 fully saturated rings. The minimum atomic E-state index is 0.200. The highest BCUT2D eigenvalue weighted by Crippen LogP contribution is 2.17. The zero-order valence-corrected chi connectivity index (χ0v) is 9.95. The molecule has 0 aliphatic carbocycles. The van der Waals surface area contributed by atoms with Gasteiger partial charge in [0.2, 0.25) is 0 Å². The molecule has 0 N–H and O–H groups in total. The molecule has 1 unspecified atom stereocenters. The fraction of sp³-hybridized carbons (Fsp3) is 0.538. The van der Waals surface area contributed by atoms with E-state index in [9.17, 15) is 0 Å². The van der Waals surface area contributed by atoms with Crippen LogP contribution in [0.2, 0.25) is 0 Å². The van der Waals surface area contributed by atoms with E-state index in [-0.39, 0.29) is 6.10 Å². The van der Waals surface area contributed by atoms with Crippen LogP contribution in [0.15, 0.2) is 30.3 Å². The van der Waals surface area contributed by atoms with Gasteiger partial charge in [0.05, 0.1) is 12.2 Å². The van der Waals surface area contributed by atoms with Gasteiger partial charge < -0.3 is 4.74 Å². The van der Waals surface area contributed by atoms with Gasteiger partial charge in [-0.1, -0.05) is 44.2 Å². The standard InChI is InChI=1S/C11H16O.C2H6/c1-9(2)12-10(3)11-7-5-4-6-8-11;1-2/h4-10H,1-3H3;1-2H3. The van der Waals surface area contributed by atoms with Gasteiger partial charge in [0.15, 0.2) is 0 Å². The van der Waals surface area contributed by atoms with E-state index in [1.54, 1.807) is 0 Å². The first kappa shape index (κ1) is 13.2. The van der Waals surface area contributed by atoms with Crippen molar-refractivity contribution in [3.63, 3.8) is 0 Å². The van der Waals surface area contributed by atoms with E-state index < -0.39 is 0 Å². The smallest absolute Gasteiger partial charge is 0.0800 e. The van der Waals surface area contributed by atoms with Gasteiger partial charge in [-0.05, 0) is 26.3 Å². The summed E-state index contributed by atoms with van der Waals surface area (Å²) in [4.78, 5) is 0. The summed E-state index contributed by atoms with van der Waals surface area (Å²) in [6.07, 6.45) is 0.492. The highest BCUT2D eigenvalue weighted by atomic mass is 16.5. The normalized spacial score (nSPS) is 11.9. The lowest BCUT2D eigenvalue weighted by atomic mass is 10.1. The van der Waals surface area contributed by atoms with Gasteiger partial charge in [-0.15, -0.1) is 0 Å². The molecule has 0 bridgehead atoms. The largest absolute Gasteiger partial charge is 0.371 e. The van der Waals surface area contributed by atoms with E-state index in [4.69, 9.17) is 4.74 Å². The molecule has 0 saturated carbocycles. The van der Waals surface area contributed by atoms with Crippen LogP contribution in [-0.4, -0.2) is 6.10 Å². The van der Waals surface area contributed by atoms with E-state index in [1.807, 2.05) is 32.0 Å². The fourth-order valence-corrected chi connectivity index (χ4v) is 1.21. The monoisotopic (exact) mass is 194 g/mol. The third kappa shape index (κ3) is 5.03. The number of benzene rings is 1. The Hall–Kier alpha value is -0.820. The molecule has 14 heavy (non-hydrogen) atoms. The molecule has 0 radical (unpaired) electrons. The van der Waals surface area contributed by atoms with Crippen LogP contribution in [0, 0.1) is 0 Å². The predicted molar refractivity (Wildman–Crippen MR) is 62.4 cm³/mol. The Kier molecular flexibility index (Phi) is 7.13. The van der Waals surface area contributed by atoms with Crippen LogP contribution >= 0.6 is 0 Å². The molecule has 1 aromatic carbocycles. The summed E-state index contributed by atoms with van der Waals surface area (Å²) in [6.45, 7) is 10.2. The van der Waals surface area contributed by atoms with Crippen molar-refractivity contribution in [3.8, 4) is 0 Å². The Morgan fingerprint density at radius 2 is 1.43 bits per heavy atom. The van der Waals surface area contributed by atoms with Crippen LogP contribution in [0.4, 0.5) is 0 Å². The second-order valence-corrected chi connectivity index (χ2v) is 3.24. The molecule has 1 aromatic rings. The summed E-state index contributed by atoms with van der Waals surface area (Å²) in [5.41, 5.74) is 1.24. The second kappa shape index (κ2) is 7.57. The average molecular weight is 194 g/mol. The fourth-order valence-electron chi connectivity index (χ4n) is 1.21. The Morgan fingerprint density at radius 1 is 0.929 bits per heavy atom. The van der Waals surface area contributed by atoms with E-state index in [1.165, 1.54) is 5.56 Å². The number of rotatable bonds is 3. The van der Waals surface area contributed by atoms with Crippen LogP contribution in [0.3, 0.4) is 0 Å². The lowest BCUT2D eigenvalue weighted by Crippen LogP contribution is -2.06. The van der Waals surface area contributed by atoms with E-state index in [0.717, 1.165) is 0 Å². The van der Waals surface area contributed by atoms with Gasteiger partial charge in [-0.3, -0.25) is 0 Å². The molecule has 80 valence electrons. The summed E-state index contributed by atoms with van der Waals surface area (Å²) in [5.74, 6) is 0. The Bertz CT molecular complexity index is 216. The Labute approximate surface area is 88.1 Å². The molecular formula is C13H22O. The highest BCUT2D eigenvalue weighted by Gasteiger charge is 2.05. The van der Waals surface area contributed by atoms with Crippen molar-refractivity contribution >= 4 is 0 Å². The van der Waals surface area contributed by atoms with Crippen molar-refractivity contribution in [1.82, 2.24) is 0 Å². The minimum Gasteiger partial charge on any atom is -0.371 e. The molecule has 0 heterocycles. The maximum atomic E-state index is 5.64. The molecule has 0 aliphatic rings. The first-order valence-corrected chi connectivity index (χ1v) is 5.40.